The van der Waals surface area contributed by atoms with Gasteiger partial charge in [0, 0.05) is 18.0 Å². The average molecular weight is 289 g/mol. The highest BCUT2D eigenvalue weighted by Crippen LogP contribution is 2.41. The lowest BCUT2D eigenvalue weighted by Gasteiger charge is -2.33. The molecule has 2 rings (SSSR count). The van der Waals surface area contributed by atoms with E-state index in [0.717, 1.165) is 31.3 Å². The molecule has 6 heteroatoms. The zero-order chi connectivity index (χ0) is 14.8. The molecule has 1 aromatic heterocycles. The minimum absolute atomic E-state index is 0.306. The van der Waals surface area contributed by atoms with Crippen molar-refractivity contribution in [2.24, 2.45) is 0 Å². The predicted octanol–water partition coefficient (Wildman–Crippen LogP) is 3.22. The van der Waals surface area contributed by atoms with Crippen molar-refractivity contribution in [3.05, 3.63) is 29.6 Å². The van der Waals surface area contributed by atoms with E-state index in [1.807, 2.05) is 0 Å². The average Bonchev–Trinajstić information content (AvgIpc) is 2.63. The molecule has 1 aromatic rings. The van der Waals surface area contributed by atoms with Crippen molar-refractivity contribution in [2.75, 3.05) is 0 Å². The van der Waals surface area contributed by atoms with Crippen LogP contribution in [0.25, 0.3) is 0 Å². The molecule has 1 heterocycles. The standard InChI is InChI=1S/C14H18F3NO2/c15-14(16,17)11-5-8-18-9-10(11)12(19)13(20)6-3-1-2-4-7-13/h5,8-9,12,19-20H,1-4,6-7H2. The normalized spacial score (nSPS) is 21.2. The van der Waals surface area contributed by atoms with Crippen LogP contribution in [0.2, 0.25) is 0 Å². The van der Waals surface area contributed by atoms with Gasteiger partial charge in [0.15, 0.2) is 0 Å². The van der Waals surface area contributed by atoms with Gasteiger partial charge in [0.2, 0.25) is 0 Å². The molecule has 1 aliphatic rings. The van der Waals surface area contributed by atoms with Crippen LogP contribution in [0.4, 0.5) is 13.2 Å². The second-order valence-electron chi connectivity index (χ2n) is 5.38. The Balaban J connectivity index is 2.35. The molecule has 1 atom stereocenters. The second-order valence-corrected chi connectivity index (χ2v) is 5.38. The van der Waals surface area contributed by atoms with Crippen LogP contribution in [-0.4, -0.2) is 20.8 Å². The van der Waals surface area contributed by atoms with Gasteiger partial charge in [0.05, 0.1) is 11.2 Å². The molecule has 0 saturated heterocycles. The monoisotopic (exact) mass is 289 g/mol. The molecule has 0 aliphatic heterocycles. The Morgan fingerprint density at radius 2 is 1.75 bits per heavy atom. The first kappa shape index (κ1) is 15.3. The van der Waals surface area contributed by atoms with Crippen molar-refractivity contribution in [1.29, 1.82) is 0 Å². The van der Waals surface area contributed by atoms with Gasteiger partial charge >= 0.3 is 6.18 Å². The highest BCUT2D eigenvalue weighted by molar-refractivity contribution is 5.30. The number of nitrogens with zero attached hydrogens (tertiary/aromatic N) is 1. The van der Waals surface area contributed by atoms with Crippen LogP contribution in [0.15, 0.2) is 18.5 Å². The van der Waals surface area contributed by atoms with Crippen molar-refractivity contribution >= 4 is 0 Å². The quantitative estimate of drug-likeness (QED) is 0.822. The van der Waals surface area contributed by atoms with E-state index >= 15 is 0 Å². The Kier molecular flexibility index (Phi) is 4.34. The minimum Gasteiger partial charge on any atom is -0.387 e. The fraction of sp³-hybridized carbons (Fsp3) is 0.643. The van der Waals surface area contributed by atoms with Crippen LogP contribution >= 0.6 is 0 Å². The topological polar surface area (TPSA) is 53.4 Å². The molecule has 0 radical (unpaired) electrons. The first-order valence-corrected chi connectivity index (χ1v) is 6.76. The first-order valence-electron chi connectivity index (χ1n) is 6.76. The zero-order valence-corrected chi connectivity index (χ0v) is 11.0. The van der Waals surface area contributed by atoms with Gasteiger partial charge in [-0.25, -0.2) is 0 Å². The lowest BCUT2D eigenvalue weighted by atomic mass is 9.83. The maximum absolute atomic E-state index is 13.0. The Morgan fingerprint density at radius 3 is 2.30 bits per heavy atom. The highest BCUT2D eigenvalue weighted by atomic mass is 19.4. The second kappa shape index (κ2) is 5.69. The number of rotatable bonds is 2. The fourth-order valence-corrected chi connectivity index (χ4v) is 2.79. The molecule has 0 amide bonds. The highest BCUT2D eigenvalue weighted by Gasteiger charge is 2.42. The summed E-state index contributed by atoms with van der Waals surface area (Å²) in [5, 5.41) is 20.8. The summed E-state index contributed by atoms with van der Waals surface area (Å²) in [7, 11) is 0. The van der Waals surface area contributed by atoms with Crippen LogP contribution in [0.1, 0.15) is 55.8 Å². The van der Waals surface area contributed by atoms with Crippen LogP contribution in [0.5, 0.6) is 0 Å². The largest absolute Gasteiger partial charge is 0.416 e. The lowest BCUT2D eigenvalue weighted by molar-refractivity contribution is -0.142. The van der Waals surface area contributed by atoms with Crippen LogP contribution < -0.4 is 0 Å². The predicted molar refractivity (Wildman–Crippen MR) is 66.9 cm³/mol. The summed E-state index contributed by atoms with van der Waals surface area (Å²) in [5.41, 5.74) is -2.78. The molecule has 1 unspecified atom stereocenters. The van der Waals surface area contributed by atoms with E-state index in [2.05, 4.69) is 4.98 Å². The van der Waals surface area contributed by atoms with Gasteiger partial charge in [-0.05, 0) is 18.9 Å². The van der Waals surface area contributed by atoms with Gasteiger partial charge in [-0.1, -0.05) is 25.7 Å². The third kappa shape index (κ3) is 3.12. The summed E-state index contributed by atoms with van der Waals surface area (Å²) in [4.78, 5) is 3.66. The third-order valence-electron chi connectivity index (χ3n) is 3.93. The Bertz CT molecular complexity index is 454. The molecule has 112 valence electrons. The molecule has 20 heavy (non-hydrogen) atoms. The summed E-state index contributed by atoms with van der Waals surface area (Å²) in [6.45, 7) is 0. The van der Waals surface area contributed by atoms with E-state index in [9.17, 15) is 23.4 Å². The summed E-state index contributed by atoms with van der Waals surface area (Å²) in [6, 6.07) is 0.832. The number of alkyl halides is 3. The van der Waals surface area contributed by atoms with E-state index in [1.165, 1.54) is 0 Å². The molecular weight excluding hydrogens is 271 g/mol. The number of hydrogen-bond acceptors (Lipinski definition) is 3. The molecule has 3 nitrogen and oxygen atoms in total. The maximum atomic E-state index is 13.0. The minimum atomic E-state index is -4.57. The van der Waals surface area contributed by atoms with E-state index in [0.29, 0.717) is 25.7 Å². The molecule has 0 spiro atoms. The number of aromatic nitrogens is 1. The van der Waals surface area contributed by atoms with Crippen molar-refractivity contribution in [3.8, 4) is 0 Å². The van der Waals surface area contributed by atoms with E-state index < -0.39 is 23.4 Å². The molecule has 1 saturated carbocycles. The number of halogens is 3. The van der Waals surface area contributed by atoms with Gasteiger partial charge in [0.1, 0.15) is 6.10 Å². The summed E-state index contributed by atoms with van der Waals surface area (Å²) in [5.74, 6) is 0. The van der Waals surface area contributed by atoms with Gasteiger partial charge in [-0.15, -0.1) is 0 Å². The summed E-state index contributed by atoms with van der Waals surface area (Å²) < 4.78 is 38.9. The van der Waals surface area contributed by atoms with Gasteiger partial charge in [0.25, 0.3) is 0 Å². The van der Waals surface area contributed by atoms with Crippen molar-refractivity contribution in [2.45, 2.75) is 56.4 Å². The third-order valence-corrected chi connectivity index (χ3v) is 3.93. The number of aliphatic hydroxyl groups is 2. The molecule has 1 aliphatic carbocycles. The number of aliphatic hydroxyl groups excluding tert-OH is 1. The van der Waals surface area contributed by atoms with E-state index in [-0.39, 0.29) is 5.56 Å². The number of pyridine rings is 1. The molecule has 1 fully saturated rings. The lowest BCUT2D eigenvalue weighted by Crippen LogP contribution is -2.36. The van der Waals surface area contributed by atoms with Gasteiger partial charge in [-0.3, -0.25) is 4.98 Å². The van der Waals surface area contributed by atoms with Gasteiger partial charge < -0.3 is 10.2 Å². The molecule has 2 N–H and O–H groups in total. The number of hydrogen-bond donors (Lipinski definition) is 2. The zero-order valence-electron chi connectivity index (χ0n) is 11.0. The summed E-state index contributed by atoms with van der Waals surface area (Å²) in [6.07, 6.45) is -0.230. The fourth-order valence-electron chi connectivity index (χ4n) is 2.79. The maximum Gasteiger partial charge on any atom is 0.416 e. The van der Waals surface area contributed by atoms with Crippen LogP contribution in [-0.2, 0) is 6.18 Å². The van der Waals surface area contributed by atoms with E-state index in [4.69, 9.17) is 0 Å². The molecular formula is C14H18F3NO2. The summed E-state index contributed by atoms with van der Waals surface area (Å²) >= 11 is 0. The van der Waals surface area contributed by atoms with E-state index in [1.54, 1.807) is 0 Å². The van der Waals surface area contributed by atoms with Gasteiger partial charge in [-0.2, -0.15) is 13.2 Å². The molecule has 0 aromatic carbocycles. The Labute approximate surface area is 115 Å². The van der Waals surface area contributed by atoms with Crippen LogP contribution in [0.3, 0.4) is 0 Å². The van der Waals surface area contributed by atoms with Crippen molar-refractivity contribution < 1.29 is 23.4 Å². The van der Waals surface area contributed by atoms with Crippen molar-refractivity contribution in [1.82, 2.24) is 4.98 Å². The smallest absolute Gasteiger partial charge is 0.387 e. The van der Waals surface area contributed by atoms with Crippen LogP contribution in [0, 0.1) is 0 Å². The Morgan fingerprint density at radius 1 is 1.15 bits per heavy atom. The molecule has 0 bridgehead atoms. The Hall–Kier alpha value is -1.14. The SMILES string of the molecule is OC(c1cnccc1C(F)(F)F)C1(O)CCCCCC1. The van der Waals surface area contributed by atoms with Crippen molar-refractivity contribution in [3.63, 3.8) is 0 Å². The first-order chi connectivity index (χ1) is 9.34.